The number of carbonyl (C=O) groups is 1. The highest BCUT2D eigenvalue weighted by molar-refractivity contribution is 5.80. The van der Waals surface area contributed by atoms with Crippen LogP contribution >= 0.6 is 0 Å². The largest absolute Gasteiger partial charge is 0.480 e. The number of benzene rings is 1. The zero-order chi connectivity index (χ0) is 14.6. The average Bonchev–Trinajstić information content (AvgIpc) is 2.84. The van der Waals surface area contributed by atoms with Crippen molar-refractivity contribution < 1.29 is 9.90 Å². The molecule has 0 amide bonds. The van der Waals surface area contributed by atoms with Crippen LogP contribution in [-0.4, -0.2) is 27.4 Å². The van der Waals surface area contributed by atoms with Gasteiger partial charge in [-0.2, -0.15) is 5.10 Å². The van der Waals surface area contributed by atoms with Crippen LogP contribution < -0.4 is 5.32 Å². The fraction of sp³-hybridized carbons (Fsp3) is 0.333. The predicted octanol–water partition coefficient (Wildman–Crippen LogP) is 1.78. The monoisotopic (exact) mass is 273 g/mol. The lowest BCUT2D eigenvalue weighted by Gasteiger charge is -2.30. The molecular weight excluding hydrogens is 254 g/mol. The third-order valence-corrected chi connectivity index (χ3v) is 3.27. The summed E-state index contributed by atoms with van der Waals surface area (Å²) in [5.74, 6) is -0.904. The van der Waals surface area contributed by atoms with Gasteiger partial charge in [-0.3, -0.25) is 10.00 Å². The quantitative estimate of drug-likeness (QED) is 0.842. The highest BCUT2D eigenvalue weighted by atomic mass is 16.4. The minimum atomic E-state index is -1.17. The van der Waals surface area contributed by atoms with Crippen molar-refractivity contribution in [3.8, 4) is 0 Å². The van der Waals surface area contributed by atoms with E-state index in [2.05, 4.69) is 10.4 Å². The van der Waals surface area contributed by atoms with Crippen molar-refractivity contribution in [1.29, 1.82) is 0 Å². The van der Waals surface area contributed by atoms with Crippen LogP contribution in [0.2, 0.25) is 0 Å². The molecule has 0 aliphatic rings. The van der Waals surface area contributed by atoms with Crippen molar-refractivity contribution in [3.05, 3.63) is 53.9 Å². The Balaban J connectivity index is 2.44. The number of hydrogen-bond donors (Lipinski definition) is 2. The Kier molecular flexibility index (Phi) is 4.20. The van der Waals surface area contributed by atoms with Crippen LogP contribution in [0.1, 0.15) is 18.1 Å². The van der Waals surface area contributed by atoms with Crippen molar-refractivity contribution >= 4 is 5.97 Å². The highest BCUT2D eigenvalue weighted by Crippen LogP contribution is 2.24. The van der Waals surface area contributed by atoms with Gasteiger partial charge in [0.15, 0.2) is 5.54 Å². The summed E-state index contributed by atoms with van der Waals surface area (Å²) in [7, 11) is 0. The molecule has 1 aromatic heterocycles. The topological polar surface area (TPSA) is 67.2 Å². The molecule has 0 aliphatic carbocycles. The average molecular weight is 273 g/mol. The van der Waals surface area contributed by atoms with Crippen molar-refractivity contribution in [1.82, 2.24) is 15.1 Å². The van der Waals surface area contributed by atoms with E-state index >= 15 is 0 Å². The van der Waals surface area contributed by atoms with Gasteiger partial charge < -0.3 is 5.11 Å². The number of likely N-dealkylation sites (N-methyl/N-ethyl adjacent to an activating group) is 1. The van der Waals surface area contributed by atoms with Crippen LogP contribution in [-0.2, 0) is 16.9 Å². The molecule has 2 N–H and O–H groups in total. The molecule has 5 nitrogen and oxygen atoms in total. The number of hydrogen-bond acceptors (Lipinski definition) is 3. The highest BCUT2D eigenvalue weighted by Gasteiger charge is 2.40. The number of carboxylic acids is 1. The van der Waals surface area contributed by atoms with Crippen molar-refractivity contribution in [2.24, 2.45) is 0 Å². The molecule has 0 aliphatic heterocycles. The first-order chi connectivity index (χ1) is 9.58. The van der Waals surface area contributed by atoms with Crippen LogP contribution in [0.5, 0.6) is 0 Å². The summed E-state index contributed by atoms with van der Waals surface area (Å²) in [6.45, 7) is 4.63. The number of aryl methyl sites for hydroxylation is 1. The zero-order valence-corrected chi connectivity index (χ0v) is 11.7. The Hall–Kier alpha value is -2.14. The van der Waals surface area contributed by atoms with E-state index in [1.165, 1.54) is 0 Å². The molecule has 0 spiro atoms. The number of nitrogens with one attached hydrogen (secondary N) is 1. The molecule has 2 aromatic rings. The summed E-state index contributed by atoms with van der Waals surface area (Å²) in [6.07, 6.45) is 3.57. The molecule has 0 radical (unpaired) electrons. The molecule has 2 rings (SSSR count). The van der Waals surface area contributed by atoms with E-state index in [0.29, 0.717) is 6.54 Å². The van der Waals surface area contributed by atoms with Gasteiger partial charge in [0, 0.05) is 6.20 Å². The summed E-state index contributed by atoms with van der Waals surface area (Å²) < 4.78 is 1.67. The lowest BCUT2D eigenvalue weighted by atomic mass is 9.89. The van der Waals surface area contributed by atoms with E-state index in [4.69, 9.17) is 0 Å². The molecule has 0 saturated carbocycles. The van der Waals surface area contributed by atoms with Gasteiger partial charge in [0.1, 0.15) is 0 Å². The second-order valence-corrected chi connectivity index (χ2v) is 4.82. The molecule has 106 valence electrons. The van der Waals surface area contributed by atoms with Crippen LogP contribution in [0.4, 0.5) is 0 Å². The molecule has 0 fully saturated rings. The van der Waals surface area contributed by atoms with Gasteiger partial charge in [-0.1, -0.05) is 37.3 Å². The normalized spacial score (nSPS) is 13.9. The Morgan fingerprint density at radius 2 is 2.10 bits per heavy atom. The predicted molar refractivity (Wildman–Crippen MR) is 76.4 cm³/mol. The van der Waals surface area contributed by atoms with E-state index in [1.807, 2.05) is 50.4 Å². The van der Waals surface area contributed by atoms with Crippen LogP contribution in [0, 0.1) is 6.92 Å². The Labute approximate surface area is 118 Å². The zero-order valence-electron chi connectivity index (χ0n) is 11.7. The summed E-state index contributed by atoms with van der Waals surface area (Å²) in [5, 5.41) is 17.1. The van der Waals surface area contributed by atoms with Gasteiger partial charge in [0.2, 0.25) is 0 Å². The lowest BCUT2D eigenvalue weighted by molar-refractivity contribution is -0.146. The van der Waals surface area contributed by atoms with Crippen LogP contribution in [0.3, 0.4) is 0 Å². The number of nitrogens with zero attached hydrogens (tertiary/aromatic N) is 2. The summed E-state index contributed by atoms with van der Waals surface area (Å²) in [5.41, 5.74) is 0.561. The third-order valence-electron chi connectivity index (χ3n) is 3.27. The lowest BCUT2D eigenvalue weighted by Crippen LogP contribution is -2.52. The maximum atomic E-state index is 11.9. The summed E-state index contributed by atoms with van der Waals surface area (Å²) in [6, 6.07) is 9.22. The molecule has 20 heavy (non-hydrogen) atoms. The molecule has 1 unspecified atom stereocenters. The second-order valence-electron chi connectivity index (χ2n) is 4.82. The van der Waals surface area contributed by atoms with Gasteiger partial charge in [-0.05, 0) is 24.6 Å². The van der Waals surface area contributed by atoms with E-state index < -0.39 is 11.5 Å². The number of rotatable bonds is 6. The number of aromatic nitrogens is 2. The van der Waals surface area contributed by atoms with Crippen molar-refractivity contribution in [3.63, 3.8) is 0 Å². The van der Waals surface area contributed by atoms with E-state index in [-0.39, 0.29) is 6.54 Å². The molecule has 5 heteroatoms. The molecule has 1 atom stereocenters. The van der Waals surface area contributed by atoms with Gasteiger partial charge in [0.25, 0.3) is 0 Å². The molecule has 0 bridgehead atoms. The molecule has 0 saturated heterocycles. The van der Waals surface area contributed by atoms with Crippen LogP contribution in [0.25, 0.3) is 0 Å². The summed E-state index contributed by atoms with van der Waals surface area (Å²) in [4.78, 5) is 11.9. The Morgan fingerprint density at radius 1 is 1.40 bits per heavy atom. The smallest absolute Gasteiger partial charge is 0.330 e. The first-order valence-corrected chi connectivity index (χ1v) is 6.61. The maximum absolute atomic E-state index is 11.9. The SMILES string of the molecule is CCNC(Cn1cc(C)cn1)(C(=O)O)c1ccccc1. The third kappa shape index (κ3) is 2.72. The fourth-order valence-electron chi connectivity index (χ4n) is 2.34. The van der Waals surface area contributed by atoms with Gasteiger partial charge in [-0.15, -0.1) is 0 Å². The number of carboxylic acid groups (broad SMARTS) is 1. The fourth-order valence-corrected chi connectivity index (χ4v) is 2.34. The minimum Gasteiger partial charge on any atom is -0.480 e. The maximum Gasteiger partial charge on any atom is 0.330 e. The Bertz CT molecular complexity index is 580. The van der Waals surface area contributed by atoms with Crippen molar-refractivity contribution in [2.75, 3.05) is 6.54 Å². The second kappa shape index (κ2) is 5.88. The van der Waals surface area contributed by atoms with E-state index in [1.54, 1.807) is 10.9 Å². The Morgan fingerprint density at radius 3 is 2.60 bits per heavy atom. The van der Waals surface area contributed by atoms with Gasteiger partial charge in [0.05, 0.1) is 12.7 Å². The first-order valence-electron chi connectivity index (χ1n) is 6.61. The van der Waals surface area contributed by atoms with E-state index in [9.17, 15) is 9.90 Å². The molecule has 1 aromatic carbocycles. The summed E-state index contributed by atoms with van der Waals surface area (Å²) >= 11 is 0. The van der Waals surface area contributed by atoms with E-state index in [0.717, 1.165) is 11.1 Å². The van der Waals surface area contributed by atoms with Crippen LogP contribution in [0.15, 0.2) is 42.7 Å². The standard InChI is InChI=1S/C15H19N3O2/c1-3-16-15(14(19)20,13-7-5-4-6-8-13)11-18-10-12(2)9-17-18/h4-10,16H,3,11H2,1-2H3,(H,19,20). The molecular formula is C15H19N3O2. The molecule has 1 heterocycles. The number of aliphatic carboxylic acids is 1. The van der Waals surface area contributed by atoms with Crippen molar-refractivity contribution in [2.45, 2.75) is 25.9 Å². The van der Waals surface area contributed by atoms with Gasteiger partial charge in [-0.25, -0.2) is 4.79 Å². The minimum absolute atomic E-state index is 0.244. The van der Waals surface area contributed by atoms with Gasteiger partial charge >= 0.3 is 5.97 Å². The first kappa shape index (κ1) is 14.3.